The third-order valence-corrected chi connectivity index (χ3v) is 2.56. The normalized spacial score (nSPS) is 14.0. The molecule has 1 aromatic carbocycles. The molecule has 0 aliphatic carbocycles. The molecule has 16 heavy (non-hydrogen) atoms. The number of para-hydroxylation sites is 1. The number of carboxylic acids is 1. The second kappa shape index (κ2) is 4.99. The highest BCUT2D eigenvalue weighted by atomic mass is 16.7. The minimum absolute atomic E-state index is 0.195. The third-order valence-electron chi connectivity index (χ3n) is 2.56. The molecule has 0 amide bonds. The molecule has 1 aromatic rings. The lowest BCUT2D eigenvalue weighted by atomic mass is 10.0. The van der Waals surface area contributed by atoms with Crippen molar-refractivity contribution >= 4 is 5.97 Å². The quantitative estimate of drug-likeness (QED) is 0.846. The van der Waals surface area contributed by atoms with Crippen LogP contribution in [0.1, 0.15) is 24.0 Å². The molecule has 4 heteroatoms. The average Bonchev–Trinajstić information content (AvgIpc) is 2.29. The van der Waals surface area contributed by atoms with E-state index in [0.717, 1.165) is 23.3 Å². The lowest BCUT2D eigenvalue weighted by Crippen LogP contribution is -2.13. The lowest BCUT2D eigenvalue weighted by Gasteiger charge is -2.20. The van der Waals surface area contributed by atoms with E-state index in [0.29, 0.717) is 13.0 Å². The molecule has 0 fully saturated rings. The van der Waals surface area contributed by atoms with Gasteiger partial charge in [0, 0.05) is 12.0 Å². The second-order valence-electron chi connectivity index (χ2n) is 3.76. The topological polar surface area (TPSA) is 55.8 Å². The molecular formula is C12H14O4. The first-order chi connectivity index (χ1) is 7.77. The van der Waals surface area contributed by atoms with Crippen LogP contribution in [0.5, 0.6) is 5.75 Å². The van der Waals surface area contributed by atoms with Gasteiger partial charge in [0.25, 0.3) is 0 Å². The van der Waals surface area contributed by atoms with E-state index in [1.807, 2.05) is 18.2 Å². The van der Waals surface area contributed by atoms with Crippen molar-refractivity contribution in [2.45, 2.75) is 25.9 Å². The van der Waals surface area contributed by atoms with E-state index in [4.69, 9.17) is 14.6 Å². The predicted octanol–water partition coefficient (Wildman–Crippen LogP) is 1.96. The number of aryl methyl sites for hydroxylation is 1. The van der Waals surface area contributed by atoms with E-state index in [2.05, 4.69) is 0 Å². The monoisotopic (exact) mass is 222 g/mol. The van der Waals surface area contributed by atoms with E-state index in [-0.39, 0.29) is 13.2 Å². The van der Waals surface area contributed by atoms with Gasteiger partial charge >= 0.3 is 5.97 Å². The van der Waals surface area contributed by atoms with Gasteiger partial charge < -0.3 is 14.6 Å². The zero-order chi connectivity index (χ0) is 11.4. The Morgan fingerprint density at radius 1 is 1.44 bits per heavy atom. The first kappa shape index (κ1) is 11.0. The zero-order valence-electron chi connectivity index (χ0n) is 8.94. The number of rotatable bonds is 4. The molecule has 0 unspecified atom stereocenters. The van der Waals surface area contributed by atoms with Crippen LogP contribution in [0.25, 0.3) is 0 Å². The van der Waals surface area contributed by atoms with Crippen LogP contribution >= 0.6 is 0 Å². The summed E-state index contributed by atoms with van der Waals surface area (Å²) in [6.45, 7) is 0.852. The Morgan fingerprint density at radius 3 is 3.12 bits per heavy atom. The highest BCUT2D eigenvalue weighted by Gasteiger charge is 2.14. The van der Waals surface area contributed by atoms with Gasteiger partial charge in [-0.25, -0.2) is 0 Å². The molecule has 0 saturated carbocycles. The molecule has 2 rings (SSSR count). The Labute approximate surface area is 93.8 Å². The van der Waals surface area contributed by atoms with Crippen LogP contribution < -0.4 is 4.74 Å². The molecule has 86 valence electrons. The Kier molecular flexibility index (Phi) is 3.41. The molecule has 1 N–H and O–H groups in total. The maximum absolute atomic E-state index is 10.4. The highest BCUT2D eigenvalue weighted by Crippen LogP contribution is 2.28. The van der Waals surface area contributed by atoms with Crippen LogP contribution in [0.3, 0.4) is 0 Å². The van der Waals surface area contributed by atoms with Crippen molar-refractivity contribution in [2.75, 3.05) is 6.79 Å². The van der Waals surface area contributed by atoms with Gasteiger partial charge in [0.2, 0.25) is 0 Å². The number of hydrogen-bond donors (Lipinski definition) is 1. The SMILES string of the molecule is O=C(O)CCCc1cccc2c1OCOC2. The molecular weight excluding hydrogens is 208 g/mol. The van der Waals surface area contributed by atoms with Crippen molar-refractivity contribution < 1.29 is 19.4 Å². The first-order valence-electron chi connectivity index (χ1n) is 5.30. The average molecular weight is 222 g/mol. The molecule has 0 aromatic heterocycles. The number of carbonyl (C=O) groups is 1. The molecule has 1 aliphatic heterocycles. The third kappa shape index (κ3) is 2.52. The zero-order valence-corrected chi connectivity index (χ0v) is 8.94. The van der Waals surface area contributed by atoms with Crippen molar-refractivity contribution in [1.82, 2.24) is 0 Å². The summed E-state index contributed by atoms with van der Waals surface area (Å²) >= 11 is 0. The molecule has 0 spiro atoms. The van der Waals surface area contributed by atoms with Crippen LogP contribution in [0, 0.1) is 0 Å². The Bertz CT molecular complexity index is 387. The van der Waals surface area contributed by atoms with Gasteiger partial charge in [-0.15, -0.1) is 0 Å². The van der Waals surface area contributed by atoms with Gasteiger partial charge in [-0.1, -0.05) is 18.2 Å². The summed E-state index contributed by atoms with van der Waals surface area (Å²) in [7, 11) is 0. The fourth-order valence-electron chi connectivity index (χ4n) is 1.82. The lowest BCUT2D eigenvalue weighted by molar-refractivity contribution is -0.137. The van der Waals surface area contributed by atoms with Gasteiger partial charge in [-0.05, 0) is 18.4 Å². The van der Waals surface area contributed by atoms with Gasteiger partial charge in [0.1, 0.15) is 5.75 Å². The van der Waals surface area contributed by atoms with Gasteiger partial charge in [-0.2, -0.15) is 0 Å². The van der Waals surface area contributed by atoms with Crippen LogP contribution in [-0.4, -0.2) is 17.9 Å². The van der Waals surface area contributed by atoms with Gasteiger partial charge in [0.15, 0.2) is 6.79 Å². The van der Waals surface area contributed by atoms with Gasteiger partial charge in [0.05, 0.1) is 6.61 Å². The standard InChI is InChI=1S/C12H14O4/c13-11(14)6-2-4-9-3-1-5-10-7-15-8-16-12(9)10/h1,3,5H,2,4,6-8H2,(H,13,14). The number of fused-ring (bicyclic) bond motifs is 1. The molecule has 1 heterocycles. The Hall–Kier alpha value is -1.55. The summed E-state index contributed by atoms with van der Waals surface area (Å²) in [6.07, 6.45) is 1.56. The number of ether oxygens (including phenoxy) is 2. The number of hydrogen-bond acceptors (Lipinski definition) is 3. The molecule has 1 aliphatic rings. The van der Waals surface area contributed by atoms with Crippen molar-refractivity contribution in [1.29, 1.82) is 0 Å². The second-order valence-corrected chi connectivity index (χ2v) is 3.76. The molecule has 0 saturated heterocycles. The fourth-order valence-corrected chi connectivity index (χ4v) is 1.82. The Balaban J connectivity index is 2.05. The summed E-state index contributed by atoms with van der Waals surface area (Å²) in [5.74, 6) is 0.119. The van der Waals surface area contributed by atoms with Crippen LogP contribution in [0.15, 0.2) is 18.2 Å². The molecule has 0 bridgehead atoms. The summed E-state index contributed by atoms with van der Waals surface area (Å²) in [5, 5.41) is 8.58. The van der Waals surface area contributed by atoms with E-state index in [1.165, 1.54) is 0 Å². The minimum atomic E-state index is -0.756. The van der Waals surface area contributed by atoms with Crippen LogP contribution in [-0.2, 0) is 22.6 Å². The summed E-state index contributed by atoms with van der Waals surface area (Å²) in [6, 6.07) is 5.90. The van der Waals surface area contributed by atoms with Crippen molar-refractivity contribution in [2.24, 2.45) is 0 Å². The summed E-state index contributed by atoms with van der Waals surface area (Å²) < 4.78 is 10.6. The smallest absolute Gasteiger partial charge is 0.303 e. The minimum Gasteiger partial charge on any atom is -0.481 e. The molecule has 4 nitrogen and oxygen atoms in total. The van der Waals surface area contributed by atoms with E-state index >= 15 is 0 Å². The number of benzene rings is 1. The maximum atomic E-state index is 10.4. The van der Waals surface area contributed by atoms with Crippen molar-refractivity contribution in [3.63, 3.8) is 0 Å². The van der Waals surface area contributed by atoms with Crippen molar-refractivity contribution in [3.8, 4) is 5.75 Å². The van der Waals surface area contributed by atoms with Gasteiger partial charge in [-0.3, -0.25) is 4.79 Å². The van der Waals surface area contributed by atoms with Crippen molar-refractivity contribution in [3.05, 3.63) is 29.3 Å². The maximum Gasteiger partial charge on any atom is 0.303 e. The highest BCUT2D eigenvalue weighted by molar-refractivity contribution is 5.66. The number of carboxylic acid groups (broad SMARTS) is 1. The van der Waals surface area contributed by atoms with E-state index < -0.39 is 5.97 Å². The largest absolute Gasteiger partial charge is 0.481 e. The first-order valence-corrected chi connectivity index (χ1v) is 5.30. The Morgan fingerprint density at radius 2 is 2.31 bits per heavy atom. The summed E-state index contributed by atoms with van der Waals surface area (Å²) in [5.41, 5.74) is 2.11. The number of aliphatic carboxylic acids is 1. The predicted molar refractivity (Wildman–Crippen MR) is 57.3 cm³/mol. The fraction of sp³-hybridized carbons (Fsp3) is 0.417. The van der Waals surface area contributed by atoms with E-state index in [9.17, 15) is 4.79 Å². The molecule has 0 atom stereocenters. The molecule has 0 radical (unpaired) electrons. The van der Waals surface area contributed by atoms with E-state index in [1.54, 1.807) is 0 Å². The van der Waals surface area contributed by atoms with Crippen LogP contribution in [0.2, 0.25) is 0 Å². The summed E-state index contributed by atoms with van der Waals surface area (Å²) in [4.78, 5) is 10.4. The van der Waals surface area contributed by atoms with Crippen LogP contribution in [0.4, 0.5) is 0 Å².